The summed E-state index contributed by atoms with van der Waals surface area (Å²) in [6.45, 7) is 0. The van der Waals surface area contributed by atoms with Gasteiger partial charge in [-0.05, 0) is 53.6 Å². The van der Waals surface area contributed by atoms with E-state index in [-0.39, 0.29) is 0 Å². The van der Waals surface area contributed by atoms with E-state index in [0.29, 0.717) is 0 Å². The van der Waals surface area contributed by atoms with Crippen molar-refractivity contribution >= 4 is 48.3 Å². The number of hydrogen-bond donors (Lipinski definition) is 0. The van der Waals surface area contributed by atoms with Crippen LogP contribution in [-0.4, -0.2) is 14.0 Å². The van der Waals surface area contributed by atoms with Gasteiger partial charge in [-0.25, -0.2) is 4.98 Å². The van der Waals surface area contributed by atoms with Crippen LogP contribution in [0.5, 0.6) is 0 Å². The number of rotatable bonds is 4. The van der Waals surface area contributed by atoms with Crippen LogP contribution in [0.3, 0.4) is 0 Å². The van der Waals surface area contributed by atoms with Crippen LogP contribution in [0.2, 0.25) is 0 Å². The fourth-order valence-corrected chi connectivity index (χ4v) is 7.46. The molecular weight excluding hydrogens is 543 g/mol. The summed E-state index contributed by atoms with van der Waals surface area (Å²) in [6, 6.07) is 54.2. The smallest absolute Gasteiger partial charge is 0.195 e. The molecule has 0 spiro atoms. The molecule has 0 N–H and O–H groups in total. The van der Waals surface area contributed by atoms with E-state index in [4.69, 9.17) is 4.98 Å². The van der Waals surface area contributed by atoms with Crippen molar-refractivity contribution in [2.45, 2.75) is 0 Å². The summed E-state index contributed by atoms with van der Waals surface area (Å²) in [5.41, 5.74) is 11.6. The summed E-state index contributed by atoms with van der Waals surface area (Å²) in [5.74, 6) is 0. The van der Waals surface area contributed by atoms with Gasteiger partial charge < -0.3 is 4.57 Å². The van der Waals surface area contributed by atoms with Crippen LogP contribution < -0.4 is 0 Å². The molecule has 6 aromatic carbocycles. The van der Waals surface area contributed by atoms with Gasteiger partial charge in [-0.1, -0.05) is 121 Å². The minimum atomic E-state index is 1.01. The molecule has 9 aromatic rings. The van der Waals surface area contributed by atoms with Crippen LogP contribution in [0, 0.1) is 0 Å². The first-order chi connectivity index (χ1) is 21.3. The van der Waals surface area contributed by atoms with E-state index in [2.05, 4.69) is 161 Å². The van der Waals surface area contributed by atoms with Crippen molar-refractivity contribution in [1.82, 2.24) is 14.0 Å². The Morgan fingerprint density at radius 3 is 1.98 bits per heavy atom. The average Bonchev–Trinajstić information content (AvgIpc) is 3.73. The highest BCUT2D eigenvalue weighted by Crippen LogP contribution is 2.41. The third-order valence-electron chi connectivity index (χ3n) is 8.36. The Labute approximate surface area is 252 Å². The van der Waals surface area contributed by atoms with Crippen LogP contribution in [0.25, 0.3) is 76.3 Å². The molecule has 3 aromatic heterocycles. The molecule has 0 amide bonds. The van der Waals surface area contributed by atoms with E-state index in [9.17, 15) is 0 Å². The normalized spacial score (nSPS) is 11.7. The Kier molecular flexibility index (Phi) is 5.37. The second-order valence-electron chi connectivity index (χ2n) is 10.9. The molecular formula is C39H25N3S. The van der Waals surface area contributed by atoms with Crippen LogP contribution in [0.15, 0.2) is 152 Å². The van der Waals surface area contributed by atoms with Crippen molar-refractivity contribution in [1.29, 1.82) is 0 Å². The minimum Gasteiger partial charge on any atom is -0.309 e. The van der Waals surface area contributed by atoms with E-state index in [1.54, 1.807) is 11.3 Å². The highest BCUT2D eigenvalue weighted by atomic mass is 32.1. The monoisotopic (exact) mass is 567 g/mol. The molecule has 43 heavy (non-hydrogen) atoms. The van der Waals surface area contributed by atoms with E-state index in [0.717, 1.165) is 33.2 Å². The van der Waals surface area contributed by atoms with E-state index >= 15 is 0 Å². The topological polar surface area (TPSA) is 22.2 Å². The third-order valence-corrected chi connectivity index (χ3v) is 9.38. The zero-order valence-corrected chi connectivity index (χ0v) is 24.0. The summed E-state index contributed by atoms with van der Waals surface area (Å²) in [4.78, 5) is 6.22. The van der Waals surface area contributed by atoms with Gasteiger partial charge in [0.25, 0.3) is 0 Å². The molecule has 202 valence electrons. The Balaban J connectivity index is 1.31. The molecule has 9 rings (SSSR count). The van der Waals surface area contributed by atoms with Gasteiger partial charge in [0.2, 0.25) is 0 Å². The van der Waals surface area contributed by atoms with Crippen LogP contribution in [0.1, 0.15) is 0 Å². The van der Waals surface area contributed by atoms with E-state index < -0.39 is 0 Å². The van der Waals surface area contributed by atoms with Crippen molar-refractivity contribution in [2.75, 3.05) is 0 Å². The van der Waals surface area contributed by atoms with Gasteiger partial charge in [0.1, 0.15) is 0 Å². The molecule has 3 nitrogen and oxygen atoms in total. The summed E-state index contributed by atoms with van der Waals surface area (Å²) in [5, 5.41) is 2.47. The van der Waals surface area contributed by atoms with Crippen molar-refractivity contribution in [2.24, 2.45) is 0 Å². The second-order valence-corrected chi connectivity index (χ2v) is 11.9. The predicted molar refractivity (Wildman–Crippen MR) is 181 cm³/mol. The Morgan fingerprint density at radius 2 is 1.14 bits per heavy atom. The van der Waals surface area contributed by atoms with Gasteiger partial charge in [-0.15, -0.1) is 0 Å². The molecule has 4 heteroatoms. The predicted octanol–water partition coefficient (Wildman–Crippen LogP) is 10.6. The lowest BCUT2D eigenvalue weighted by atomic mass is 10.0. The maximum atomic E-state index is 5.21. The molecule has 0 aliphatic heterocycles. The van der Waals surface area contributed by atoms with Crippen LogP contribution in [0.4, 0.5) is 0 Å². The van der Waals surface area contributed by atoms with Crippen molar-refractivity contribution in [3.63, 3.8) is 0 Å². The standard InChI is InChI=1S/C39H25N3S/c1-3-12-26(13-4-1)28-16-11-17-30(24-28)41-33-19-8-7-18-31(33)32-25-29(22-23-34(32)41)38-37(27-14-5-2-6-15-27)40-39-42(38)35-20-9-10-21-36(35)43-39/h1-25H. The fourth-order valence-electron chi connectivity index (χ4n) is 6.44. The molecule has 0 atom stereocenters. The number of benzene rings is 6. The van der Waals surface area contributed by atoms with Gasteiger partial charge in [-0.2, -0.15) is 0 Å². The largest absolute Gasteiger partial charge is 0.309 e. The third kappa shape index (κ3) is 3.77. The molecule has 0 fully saturated rings. The fraction of sp³-hybridized carbons (Fsp3) is 0. The summed E-state index contributed by atoms with van der Waals surface area (Å²) in [7, 11) is 0. The highest BCUT2D eigenvalue weighted by molar-refractivity contribution is 7.23. The second kappa shape index (κ2) is 9.55. The SMILES string of the molecule is c1ccc(-c2cccc(-n3c4ccccc4c4cc(-c5c(-c6ccccc6)nc6sc7ccccc7n56)ccc43)c2)cc1. The van der Waals surface area contributed by atoms with Crippen LogP contribution in [-0.2, 0) is 0 Å². The number of aromatic nitrogens is 3. The Hall–Kier alpha value is -5.45. The summed E-state index contributed by atoms with van der Waals surface area (Å²) in [6.07, 6.45) is 0. The molecule has 0 bridgehead atoms. The maximum absolute atomic E-state index is 5.21. The van der Waals surface area contributed by atoms with Gasteiger partial charge in [0.15, 0.2) is 4.96 Å². The molecule has 3 heterocycles. The first-order valence-corrected chi connectivity index (χ1v) is 15.3. The van der Waals surface area contributed by atoms with Crippen molar-refractivity contribution < 1.29 is 0 Å². The van der Waals surface area contributed by atoms with E-state index in [1.807, 2.05) is 0 Å². The molecule has 0 saturated heterocycles. The zero-order valence-electron chi connectivity index (χ0n) is 23.2. The highest BCUT2D eigenvalue weighted by Gasteiger charge is 2.21. The molecule has 0 unspecified atom stereocenters. The lowest BCUT2D eigenvalue weighted by Gasteiger charge is -2.11. The molecule has 0 saturated carbocycles. The number of imidazole rings is 1. The summed E-state index contributed by atoms with van der Waals surface area (Å²) < 4.78 is 5.97. The molecule has 0 aliphatic carbocycles. The number of nitrogens with zero attached hydrogens (tertiary/aromatic N) is 3. The van der Waals surface area contributed by atoms with E-state index in [1.165, 1.54) is 43.1 Å². The van der Waals surface area contributed by atoms with Crippen LogP contribution >= 0.6 is 11.3 Å². The quantitative estimate of drug-likeness (QED) is 0.207. The van der Waals surface area contributed by atoms with Crippen molar-refractivity contribution in [3.05, 3.63) is 152 Å². The number of para-hydroxylation sites is 2. The summed E-state index contributed by atoms with van der Waals surface area (Å²) >= 11 is 1.74. The molecule has 0 radical (unpaired) electrons. The zero-order chi connectivity index (χ0) is 28.3. The first-order valence-electron chi connectivity index (χ1n) is 14.5. The number of fused-ring (bicyclic) bond motifs is 6. The maximum Gasteiger partial charge on any atom is 0.195 e. The Morgan fingerprint density at radius 1 is 0.465 bits per heavy atom. The number of hydrogen-bond acceptors (Lipinski definition) is 2. The minimum absolute atomic E-state index is 1.01. The average molecular weight is 568 g/mol. The lowest BCUT2D eigenvalue weighted by molar-refractivity contribution is 1.18. The van der Waals surface area contributed by atoms with Gasteiger partial charge in [0, 0.05) is 27.6 Å². The van der Waals surface area contributed by atoms with Crippen molar-refractivity contribution in [3.8, 4) is 39.3 Å². The molecule has 0 aliphatic rings. The van der Waals surface area contributed by atoms with Gasteiger partial charge in [0.05, 0.1) is 32.6 Å². The number of thiazole rings is 1. The Bertz CT molecular complexity index is 2450. The van der Waals surface area contributed by atoms with Gasteiger partial charge in [-0.3, -0.25) is 4.40 Å². The first kappa shape index (κ1) is 24.2. The van der Waals surface area contributed by atoms with Gasteiger partial charge >= 0.3 is 0 Å². The lowest BCUT2D eigenvalue weighted by Crippen LogP contribution is -1.94.